The Morgan fingerprint density at radius 1 is 1.10 bits per heavy atom. The zero-order chi connectivity index (χ0) is 15.3. The largest absolute Gasteiger partial charge is 0.127 e. The van der Waals surface area contributed by atoms with Gasteiger partial charge in [0, 0.05) is 5.88 Å². The van der Waals surface area contributed by atoms with Crippen LogP contribution in [0.5, 0.6) is 0 Å². The van der Waals surface area contributed by atoms with Gasteiger partial charge in [-0.15, -0.1) is 11.6 Å². The summed E-state index contributed by atoms with van der Waals surface area (Å²) in [4.78, 5) is 0. The lowest BCUT2D eigenvalue weighted by Crippen LogP contribution is -2.05. The molecule has 1 heteroatoms. The van der Waals surface area contributed by atoms with Crippen LogP contribution in [-0.2, 0) is 0 Å². The van der Waals surface area contributed by atoms with Gasteiger partial charge in [0.15, 0.2) is 0 Å². The maximum Gasteiger partial charge on any atom is 0.0223 e. The maximum atomic E-state index is 5.76. The van der Waals surface area contributed by atoms with Crippen LogP contribution in [-0.4, -0.2) is 5.88 Å². The van der Waals surface area contributed by atoms with Gasteiger partial charge in [-0.3, -0.25) is 0 Å². The first-order valence-corrected chi connectivity index (χ1v) is 10.0. The molecule has 1 saturated carbocycles. The highest BCUT2D eigenvalue weighted by Crippen LogP contribution is 2.36. The van der Waals surface area contributed by atoms with Crippen LogP contribution in [0.1, 0.15) is 90.9 Å². The summed E-state index contributed by atoms with van der Waals surface area (Å²) in [6.07, 6.45) is 21.7. The Labute approximate surface area is 138 Å². The summed E-state index contributed by atoms with van der Waals surface area (Å²) in [7, 11) is 0. The van der Waals surface area contributed by atoms with Crippen molar-refractivity contribution in [3.63, 3.8) is 0 Å². The first-order valence-electron chi connectivity index (χ1n) is 9.50. The van der Waals surface area contributed by atoms with Crippen molar-refractivity contribution in [3.05, 3.63) is 12.2 Å². The predicted molar refractivity (Wildman–Crippen MR) is 97.1 cm³/mol. The van der Waals surface area contributed by atoms with Crippen LogP contribution in [0, 0.1) is 17.8 Å². The highest BCUT2D eigenvalue weighted by atomic mass is 35.5. The van der Waals surface area contributed by atoms with E-state index in [9.17, 15) is 0 Å². The van der Waals surface area contributed by atoms with Gasteiger partial charge in [0.2, 0.25) is 0 Å². The summed E-state index contributed by atoms with van der Waals surface area (Å²) in [5.74, 6) is 3.49. The fraction of sp³-hybridized carbons (Fsp3) is 0.900. The van der Waals surface area contributed by atoms with E-state index in [1.807, 2.05) is 0 Å². The summed E-state index contributed by atoms with van der Waals surface area (Å²) in [6.45, 7) is 4.66. The SMILES string of the molecule is CCCCCCC[C@H]1CCC[C@@H]1C=CCC(C)CCCCl. The van der Waals surface area contributed by atoms with E-state index in [1.165, 1.54) is 77.0 Å². The van der Waals surface area contributed by atoms with Crippen molar-refractivity contribution < 1.29 is 0 Å². The van der Waals surface area contributed by atoms with Gasteiger partial charge in [-0.1, -0.05) is 64.5 Å². The molecule has 0 N–H and O–H groups in total. The first-order chi connectivity index (χ1) is 10.3. The fourth-order valence-corrected chi connectivity index (χ4v) is 3.87. The Balaban J connectivity index is 2.17. The minimum Gasteiger partial charge on any atom is -0.127 e. The molecule has 0 radical (unpaired) electrons. The lowest BCUT2D eigenvalue weighted by molar-refractivity contribution is 0.401. The topological polar surface area (TPSA) is 0 Å². The average molecular weight is 313 g/mol. The molecule has 0 aromatic rings. The molecule has 0 amide bonds. The van der Waals surface area contributed by atoms with Gasteiger partial charge in [0.1, 0.15) is 0 Å². The Morgan fingerprint density at radius 2 is 1.90 bits per heavy atom. The molecule has 0 saturated heterocycles. The quantitative estimate of drug-likeness (QED) is 0.200. The number of unbranched alkanes of at least 4 members (excludes halogenated alkanes) is 4. The van der Waals surface area contributed by atoms with Gasteiger partial charge >= 0.3 is 0 Å². The molecule has 0 aromatic heterocycles. The molecule has 0 aromatic carbocycles. The third-order valence-corrected chi connectivity index (χ3v) is 5.42. The third-order valence-electron chi connectivity index (χ3n) is 5.15. The van der Waals surface area contributed by atoms with Gasteiger partial charge in [-0.2, -0.15) is 0 Å². The predicted octanol–water partition coefficient (Wildman–Crippen LogP) is 7.36. The number of hydrogen-bond donors (Lipinski definition) is 0. The van der Waals surface area contributed by atoms with Gasteiger partial charge in [-0.25, -0.2) is 0 Å². The first kappa shape index (κ1) is 19.1. The molecule has 0 bridgehead atoms. The molecule has 1 rings (SSSR count). The lowest BCUT2D eigenvalue weighted by Gasteiger charge is -2.16. The number of hydrogen-bond acceptors (Lipinski definition) is 0. The second-order valence-electron chi connectivity index (χ2n) is 7.16. The van der Waals surface area contributed by atoms with Gasteiger partial charge < -0.3 is 0 Å². The van der Waals surface area contributed by atoms with Crippen molar-refractivity contribution in [3.8, 4) is 0 Å². The molecule has 1 aliphatic carbocycles. The molecular formula is C20H37Cl. The molecule has 0 spiro atoms. The third kappa shape index (κ3) is 8.91. The molecule has 124 valence electrons. The van der Waals surface area contributed by atoms with E-state index in [2.05, 4.69) is 26.0 Å². The zero-order valence-electron chi connectivity index (χ0n) is 14.5. The second-order valence-corrected chi connectivity index (χ2v) is 7.54. The average Bonchev–Trinajstić information content (AvgIpc) is 2.92. The van der Waals surface area contributed by atoms with Crippen LogP contribution in [0.25, 0.3) is 0 Å². The van der Waals surface area contributed by atoms with E-state index < -0.39 is 0 Å². The Hall–Kier alpha value is 0.0300. The van der Waals surface area contributed by atoms with Crippen LogP contribution in [0.15, 0.2) is 12.2 Å². The van der Waals surface area contributed by atoms with E-state index in [-0.39, 0.29) is 0 Å². The molecule has 3 atom stereocenters. The van der Waals surface area contributed by atoms with Gasteiger partial charge in [-0.05, 0) is 56.3 Å². The van der Waals surface area contributed by atoms with Crippen molar-refractivity contribution in [2.45, 2.75) is 90.9 Å². The Bertz CT molecular complexity index is 259. The van der Waals surface area contributed by atoms with Crippen molar-refractivity contribution in [1.82, 2.24) is 0 Å². The molecule has 21 heavy (non-hydrogen) atoms. The van der Waals surface area contributed by atoms with Crippen molar-refractivity contribution in [1.29, 1.82) is 0 Å². The van der Waals surface area contributed by atoms with Crippen LogP contribution < -0.4 is 0 Å². The minimum atomic E-state index is 0.800. The van der Waals surface area contributed by atoms with Crippen molar-refractivity contribution in [2.75, 3.05) is 5.88 Å². The molecular weight excluding hydrogens is 276 g/mol. The smallest absolute Gasteiger partial charge is 0.0223 e. The highest BCUT2D eigenvalue weighted by molar-refractivity contribution is 6.17. The number of halogens is 1. The van der Waals surface area contributed by atoms with E-state index in [0.29, 0.717) is 0 Å². The number of alkyl halides is 1. The van der Waals surface area contributed by atoms with Crippen LogP contribution >= 0.6 is 11.6 Å². The lowest BCUT2D eigenvalue weighted by atomic mass is 9.89. The normalized spacial score (nSPS) is 24.0. The Morgan fingerprint density at radius 3 is 2.67 bits per heavy atom. The highest BCUT2D eigenvalue weighted by Gasteiger charge is 2.24. The second kappa shape index (κ2) is 12.6. The van der Waals surface area contributed by atoms with E-state index in [0.717, 1.165) is 23.6 Å². The molecule has 0 heterocycles. The number of rotatable bonds is 12. The minimum absolute atomic E-state index is 0.800. The molecule has 0 aliphatic heterocycles. The van der Waals surface area contributed by atoms with Gasteiger partial charge in [0.25, 0.3) is 0 Å². The summed E-state index contributed by atoms with van der Waals surface area (Å²) in [5.41, 5.74) is 0. The molecule has 1 unspecified atom stereocenters. The van der Waals surface area contributed by atoms with Gasteiger partial charge in [0.05, 0.1) is 0 Å². The zero-order valence-corrected chi connectivity index (χ0v) is 15.2. The summed E-state index contributed by atoms with van der Waals surface area (Å²) in [6, 6.07) is 0. The summed E-state index contributed by atoms with van der Waals surface area (Å²) in [5, 5.41) is 0. The van der Waals surface area contributed by atoms with E-state index in [1.54, 1.807) is 0 Å². The standard InChI is InChI=1S/C20H37Cl/c1-3-4-5-6-7-13-19-15-9-16-20(19)14-8-11-18(2)12-10-17-21/h8,14,18-20H,3-7,9-13,15-17H2,1-2H3/t18?,19-,20-/m0/s1. The van der Waals surface area contributed by atoms with E-state index in [4.69, 9.17) is 11.6 Å². The van der Waals surface area contributed by atoms with Crippen molar-refractivity contribution in [2.24, 2.45) is 17.8 Å². The molecule has 1 fully saturated rings. The molecule has 0 nitrogen and oxygen atoms in total. The van der Waals surface area contributed by atoms with Crippen LogP contribution in [0.3, 0.4) is 0 Å². The summed E-state index contributed by atoms with van der Waals surface area (Å²) >= 11 is 5.76. The Kier molecular flexibility index (Phi) is 11.4. The summed E-state index contributed by atoms with van der Waals surface area (Å²) < 4.78 is 0. The van der Waals surface area contributed by atoms with Crippen molar-refractivity contribution >= 4 is 11.6 Å². The van der Waals surface area contributed by atoms with Crippen LogP contribution in [0.2, 0.25) is 0 Å². The monoisotopic (exact) mass is 312 g/mol. The number of allylic oxidation sites excluding steroid dienone is 2. The maximum absolute atomic E-state index is 5.76. The van der Waals surface area contributed by atoms with Crippen LogP contribution in [0.4, 0.5) is 0 Å². The van der Waals surface area contributed by atoms with E-state index >= 15 is 0 Å². The molecule has 1 aliphatic rings. The fourth-order valence-electron chi connectivity index (χ4n) is 3.72.